The second-order valence-electron chi connectivity index (χ2n) is 28.7. The molecular weight excluding hydrogens is 1590 g/mol. The van der Waals surface area contributed by atoms with E-state index in [0.29, 0.717) is 46.0 Å². The largest absolute Gasteiger partial charge is 0.463 e. The molecule has 7 heterocycles. The van der Waals surface area contributed by atoms with Crippen molar-refractivity contribution in [1.29, 1.82) is 0 Å². The van der Waals surface area contributed by atoms with E-state index in [1.54, 1.807) is 60.0 Å². The van der Waals surface area contributed by atoms with Crippen LogP contribution in [0.3, 0.4) is 0 Å². The number of nitrogens with zero attached hydrogens (tertiary/aromatic N) is 8. The van der Waals surface area contributed by atoms with Crippen molar-refractivity contribution in [3.8, 4) is 34.4 Å². The number of aliphatic hydroxyl groups excluding tert-OH is 10. The fourth-order valence-electron chi connectivity index (χ4n) is 13.9. The van der Waals surface area contributed by atoms with Gasteiger partial charge in [-0.15, -0.1) is 5.10 Å². The van der Waals surface area contributed by atoms with E-state index in [-0.39, 0.29) is 70.1 Å². The normalized spacial score (nSPS) is 26.9. The van der Waals surface area contributed by atoms with Gasteiger partial charge in [0.1, 0.15) is 105 Å². The molecule has 5 aromatic rings. The van der Waals surface area contributed by atoms with Crippen LogP contribution in [0.25, 0.3) is 33.0 Å². The predicted molar refractivity (Wildman–Crippen MR) is 411 cm³/mol. The summed E-state index contributed by atoms with van der Waals surface area (Å²) in [5.74, 6) is 0.652. The van der Waals surface area contributed by atoms with Gasteiger partial charge in [-0.3, -0.25) is 47.9 Å². The van der Waals surface area contributed by atoms with Gasteiger partial charge in [0.05, 0.1) is 80.5 Å². The lowest BCUT2D eigenvalue weighted by Gasteiger charge is -2.41. The van der Waals surface area contributed by atoms with Crippen LogP contribution < -0.4 is 41.7 Å². The third-order valence-electron chi connectivity index (χ3n) is 20.2. The zero-order chi connectivity index (χ0) is 87.2. The minimum atomic E-state index is -2.09. The molecule has 4 saturated heterocycles. The first-order valence-corrected chi connectivity index (χ1v) is 38.3. The fourth-order valence-corrected chi connectivity index (χ4v) is 13.9. The molecule has 0 saturated carbocycles. The summed E-state index contributed by atoms with van der Waals surface area (Å²) in [6.07, 6.45) is -24.1. The number of amides is 8. The molecule has 16 N–H and O–H groups in total. The summed E-state index contributed by atoms with van der Waals surface area (Å²) in [6, 6.07) is 24.6. The first kappa shape index (κ1) is 92.8. The van der Waals surface area contributed by atoms with Crippen LogP contribution in [-0.2, 0) is 96.0 Å². The molecule has 4 aromatic carbocycles. The van der Waals surface area contributed by atoms with Crippen molar-refractivity contribution in [2.45, 2.75) is 208 Å². The van der Waals surface area contributed by atoms with E-state index >= 15 is 0 Å². The van der Waals surface area contributed by atoms with Gasteiger partial charge in [-0.1, -0.05) is 95.0 Å². The Morgan fingerprint density at radius 1 is 0.517 bits per heavy atom. The van der Waals surface area contributed by atoms with Crippen molar-refractivity contribution < 1.29 is 136 Å². The molecule has 40 nitrogen and oxygen atoms in total. The van der Waals surface area contributed by atoms with Crippen molar-refractivity contribution in [2.24, 2.45) is 5.11 Å². The van der Waals surface area contributed by atoms with E-state index in [0.717, 1.165) is 30.5 Å². The standard InChI is InChI=1S/C39H48FN7O13.C30H32FN3O8.C9H16N4O5/c1-19-32(38(56)36(54)25(17-48)59-19)43-28(51)16-47-35-22-8-4-3-7-21(22)15-46(24-10-6-5-9-23(24)33(35)44-45-47)29(52)13-14-41-27(50)11-12-30(53)58-18-26-31(40)37(55)34(39(57)60-26)42-20(2)49;1-18(35)33-28-29(39)27(31)23(42-30(28)40)17-41-26(38)13-12-24(36)32-15-14-25(37)34-16-21-8-3-2-6-19(21)10-11-20-7-4-5-9-22(20)34;1-4-7(12-6(15)2-11-13-10)9(17)8(16)5(3-14)18-4/h3-10,19,25-26,31-32,34,36-39,48,54-57H,11-18H2,1-2H3,(H,41,50)(H,42,49)(H,43,51);2-9,23,27-30,39-40H,12-17H2,1H3,(H,32,36)(H,33,35);4-5,7-9,14,16-17H,2-3H2,1H3,(H,12,15)/t19-,25+,26+,31+,32-,34+,36-,37-,38+,39?;23-,27-,28-,29+,30?;4-,5+,7-,8-,9+/m010/s1. The lowest BCUT2D eigenvalue weighted by molar-refractivity contribution is -0.242. The van der Waals surface area contributed by atoms with Crippen LogP contribution in [0.1, 0.15) is 88.5 Å². The zero-order valence-electron chi connectivity index (χ0n) is 65.4. The molecule has 648 valence electrons. The van der Waals surface area contributed by atoms with Gasteiger partial charge in [-0.2, -0.15) is 0 Å². The fraction of sp³-hybridized carbons (Fsp3) is 0.513. The number of esters is 2. The van der Waals surface area contributed by atoms with Gasteiger partial charge in [-0.05, 0) is 54.8 Å². The van der Waals surface area contributed by atoms with E-state index in [1.165, 1.54) is 4.68 Å². The number of rotatable bonds is 26. The predicted octanol–water partition coefficient (Wildman–Crippen LogP) is -2.84. The Bertz CT molecular complexity index is 4570. The number of fused-ring (bicyclic) bond motifs is 7. The average molecular weight is 1680 g/mol. The number of hydrogen-bond donors (Lipinski definition) is 16. The van der Waals surface area contributed by atoms with Crippen molar-refractivity contribution >= 4 is 70.6 Å². The Morgan fingerprint density at radius 3 is 1.47 bits per heavy atom. The highest BCUT2D eigenvalue weighted by atomic mass is 19.1. The summed E-state index contributed by atoms with van der Waals surface area (Å²) >= 11 is 0. The van der Waals surface area contributed by atoms with E-state index in [2.05, 4.69) is 64.1 Å². The van der Waals surface area contributed by atoms with E-state index < -0.39 is 209 Å². The first-order chi connectivity index (χ1) is 57.3. The maximum Gasteiger partial charge on any atom is 0.306 e. The second-order valence-corrected chi connectivity index (χ2v) is 28.7. The number of nitrogens with one attached hydrogen (secondary N) is 6. The number of hydrogen-bond acceptors (Lipinski definition) is 29. The lowest BCUT2D eigenvalue weighted by Crippen LogP contribution is -2.63. The molecule has 42 heteroatoms. The van der Waals surface area contributed by atoms with Crippen molar-refractivity contribution in [3.05, 3.63) is 130 Å². The summed E-state index contributed by atoms with van der Waals surface area (Å²) in [7, 11) is 0. The number of halogens is 2. The van der Waals surface area contributed by atoms with Gasteiger partial charge in [-0.25, -0.2) is 13.5 Å². The number of anilines is 2. The molecular formula is C78H96F2N14O26. The van der Waals surface area contributed by atoms with Gasteiger partial charge in [0, 0.05) is 79.8 Å². The molecule has 20 atom stereocenters. The highest BCUT2D eigenvalue weighted by molar-refractivity contribution is 6.01. The monoisotopic (exact) mass is 1680 g/mol. The van der Waals surface area contributed by atoms with Crippen LogP contribution >= 0.6 is 0 Å². The molecule has 0 spiro atoms. The van der Waals surface area contributed by atoms with Crippen LogP contribution in [0.5, 0.6) is 0 Å². The number of carbonyl (C=O) groups excluding carboxylic acids is 10. The summed E-state index contributed by atoms with van der Waals surface area (Å²) in [5, 5.41) is 126. The molecule has 6 aliphatic heterocycles. The Hall–Kier alpha value is -11.1. The molecule has 120 heavy (non-hydrogen) atoms. The Morgan fingerprint density at radius 2 is 0.958 bits per heavy atom. The van der Waals surface area contributed by atoms with Crippen molar-refractivity contribution in [1.82, 2.24) is 46.9 Å². The van der Waals surface area contributed by atoms with Gasteiger partial charge in [0.25, 0.3) is 0 Å². The van der Waals surface area contributed by atoms with Crippen LogP contribution in [0.15, 0.2) is 102 Å². The highest BCUT2D eigenvalue weighted by Crippen LogP contribution is 2.42. The minimum Gasteiger partial charge on any atom is -0.463 e. The smallest absolute Gasteiger partial charge is 0.306 e. The molecule has 11 rings (SSSR count). The van der Waals surface area contributed by atoms with Gasteiger partial charge < -0.3 is 121 Å². The summed E-state index contributed by atoms with van der Waals surface area (Å²) in [5.41, 5.74) is 14.5. The number of aromatic nitrogens is 3. The topological polar surface area (TPSA) is 587 Å². The van der Waals surface area contributed by atoms with Crippen LogP contribution in [0.2, 0.25) is 0 Å². The minimum absolute atomic E-state index is 0.0150. The number of azide groups is 1. The third kappa shape index (κ3) is 24.1. The third-order valence-corrected chi connectivity index (χ3v) is 20.2. The number of benzene rings is 4. The summed E-state index contributed by atoms with van der Waals surface area (Å²) in [6.45, 7) is 2.93. The van der Waals surface area contributed by atoms with E-state index in [9.17, 15) is 103 Å². The van der Waals surface area contributed by atoms with Gasteiger partial charge in [0.2, 0.25) is 47.3 Å². The van der Waals surface area contributed by atoms with Crippen LogP contribution in [0.4, 0.5) is 20.2 Å². The highest BCUT2D eigenvalue weighted by Gasteiger charge is 2.49. The molecule has 6 aliphatic rings. The molecule has 1 aromatic heterocycles. The summed E-state index contributed by atoms with van der Waals surface area (Å²) in [4.78, 5) is 129. The number of carbonyl (C=O) groups is 10. The molecule has 0 aliphatic carbocycles. The number of ether oxygens (including phenoxy) is 6. The zero-order valence-corrected chi connectivity index (χ0v) is 65.4. The lowest BCUT2D eigenvalue weighted by atomic mass is 9.93. The van der Waals surface area contributed by atoms with Crippen LogP contribution in [0, 0.1) is 11.8 Å². The average Bonchev–Trinajstić information content (AvgIpc) is 1.52. The van der Waals surface area contributed by atoms with Crippen molar-refractivity contribution in [3.63, 3.8) is 0 Å². The number of alkyl halides is 2. The van der Waals surface area contributed by atoms with Gasteiger partial charge in [0.15, 0.2) is 24.9 Å². The molecule has 0 bridgehead atoms. The Kier molecular flexibility index (Phi) is 33.8. The Labute approximate surface area is 684 Å². The number of para-hydroxylation sites is 2. The number of aliphatic hydroxyl groups is 10. The maximum absolute atomic E-state index is 14.7. The first-order valence-electron chi connectivity index (χ1n) is 38.3. The van der Waals surface area contributed by atoms with Crippen LogP contribution in [-0.4, -0.2) is 294 Å². The summed E-state index contributed by atoms with van der Waals surface area (Å²) < 4.78 is 61.5. The SMILES string of the molecule is CC(=O)N[C@H]1C(O)O[C@H](COC(=O)CCC(=O)NCCC(=O)N2Cc3ccccc3-c3c(nnn3CC(=O)N[C@@H]3[C@@H](O)[C@@H](O)[C@@H](CO)O[C@H]3C)-c3ccccc32)[C@@H](F)[C@@H]1O.CC(=O)N[C@H]1C(O)O[C@H](COC(=O)CCC(=O)NCCC(=O)N2Cc3ccccc3C#Cc3ccccc32)[C@@H](F)[C@@H]1O.C[C@@H]1O[C@H](CO)[C@H](O)[C@H](O)[C@H]1NC(=O)CN=[N+]=[N-]. The molecule has 2 unspecified atom stereocenters. The molecule has 0 radical (unpaired) electrons. The van der Waals surface area contributed by atoms with Gasteiger partial charge >= 0.3 is 11.9 Å². The molecule has 4 fully saturated rings. The van der Waals surface area contributed by atoms with E-state index in [4.69, 9.17) is 39.1 Å². The molecule has 8 amide bonds. The van der Waals surface area contributed by atoms with E-state index in [1.807, 2.05) is 60.7 Å². The quantitative estimate of drug-likeness (QED) is 0.00872. The second kappa shape index (κ2) is 43.7. The maximum atomic E-state index is 14.7. The Balaban J connectivity index is 0.000000235. The van der Waals surface area contributed by atoms with Crippen molar-refractivity contribution in [2.75, 3.05) is 55.9 Å².